The van der Waals surface area contributed by atoms with Crippen molar-refractivity contribution in [2.75, 3.05) is 24.5 Å². The number of esters is 1. The molecule has 7 nitrogen and oxygen atoms in total. The van der Waals surface area contributed by atoms with Gasteiger partial charge in [-0.05, 0) is 68.5 Å². The molecule has 9 heteroatoms. The highest BCUT2D eigenvalue weighted by molar-refractivity contribution is 7.89. The minimum atomic E-state index is -3.86. The average molecular weight is 475 g/mol. The lowest BCUT2D eigenvalue weighted by Crippen LogP contribution is -2.46. The molecular weight excluding hydrogens is 447 g/mol. The molecule has 2 atom stereocenters. The molecule has 1 amide bonds. The monoisotopic (exact) mass is 474 g/mol. The number of rotatable bonds is 5. The molecular formula is C24H27FN2O5S. The van der Waals surface area contributed by atoms with Crippen molar-refractivity contribution in [3.63, 3.8) is 0 Å². The highest BCUT2D eigenvalue weighted by Gasteiger charge is 2.36. The zero-order chi connectivity index (χ0) is 23.6. The van der Waals surface area contributed by atoms with Gasteiger partial charge in [0.25, 0.3) is 5.91 Å². The van der Waals surface area contributed by atoms with Crippen LogP contribution in [0.15, 0.2) is 53.4 Å². The van der Waals surface area contributed by atoms with E-state index >= 15 is 0 Å². The van der Waals surface area contributed by atoms with E-state index in [0.29, 0.717) is 19.4 Å². The van der Waals surface area contributed by atoms with Crippen LogP contribution in [0, 0.1) is 11.7 Å². The normalized spacial score (nSPS) is 20.1. The molecule has 2 aliphatic rings. The maximum Gasteiger partial charge on any atom is 0.311 e. The highest BCUT2D eigenvalue weighted by Crippen LogP contribution is 2.28. The Morgan fingerprint density at radius 1 is 1.06 bits per heavy atom. The maximum absolute atomic E-state index is 13.2. The van der Waals surface area contributed by atoms with Gasteiger partial charge in [-0.15, -0.1) is 0 Å². The Hall–Kier alpha value is -2.78. The minimum absolute atomic E-state index is 0.0229. The number of benzene rings is 2. The van der Waals surface area contributed by atoms with Crippen LogP contribution in [0.5, 0.6) is 0 Å². The van der Waals surface area contributed by atoms with E-state index in [4.69, 9.17) is 4.74 Å². The van der Waals surface area contributed by atoms with Gasteiger partial charge >= 0.3 is 5.97 Å². The van der Waals surface area contributed by atoms with Crippen molar-refractivity contribution < 1.29 is 27.1 Å². The van der Waals surface area contributed by atoms with E-state index in [2.05, 4.69) is 0 Å². The largest absolute Gasteiger partial charge is 0.452 e. The Morgan fingerprint density at radius 3 is 2.55 bits per heavy atom. The molecule has 2 aromatic carbocycles. The van der Waals surface area contributed by atoms with Crippen molar-refractivity contribution in [1.82, 2.24) is 4.31 Å². The quantitative estimate of drug-likeness (QED) is 0.622. The standard InChI is InChI=1S/C24H27FN2O5S/c1-17(23(28)27-15-5-7-18-6-2-3-9-22(18)27)32-24(29)19-8-4-14-26(16-19)33(30,31)21-12-10-20(25)11-13-21/h2-3,6,9-13,17,19H,4-5,7-8,14-16H2,1H3/t17-,19+/m1/s1. The fourth-order valence-electron chi connectivity index (χ4n) is 4.41. The number of nitrogens with zero attached hydrogens (tertiary/aromatic N) is 2. The van der Waals surface area contributed by atoms with Gasteiger partial charge in [0, 0.05) is 25.3 Å². The molecule has 176 valence electrons. The molecule has 1 saturated heterocycles. The summed E-state index contributed by atoms with van der Waals surface area (Å²) in [5.74, 6) is -2.07. The fraction of sp³-hybridized carbons (Fsp3) is 0.417. The van der Waals surface area contributed by atoms with E-state index in [1.165, 1.54) is 16.4 Å². The van der Waals surface area contributed by atoms with Crippen LogP contribution in [0.25, 0.3) is 0 Å². The second-order valence-corrected chi connectivity index (χ2v) is 10.4. The molecule has 0 spiro atoms. The summed E-state index contributed by atoms with van der Waals surface area (Å²) in [5, 5.41) is 0. The number of halogens is 1. The molecule has 0 aliphatic carbocycles. The SMILES string of the molecule is C[C@@H](OC(=O)[C@H]1CCCN(S(=O)(=O)c2ccc(F)cc2)C1)C(=O)N1CCCc2ccccc21. The molecule has 2 aliphatic heterocycles. The molecule has 0 saturated carbocycles. The number of piperidine rings is 1. The number of ether oxygens (including phenoxy) is 1. The van der Waals surface area contributed by atoms with Gasteiger partial charge in [-0.1, -0.05) is 18.2 Å². The number of aryl methyl sites for hydroxylation is 1. The number of hydrogen-bond donors (Lipinski definition) is 0. The zero-order valence-electron chi connectivity index (χ0n) is 18.4. The van der Waals surface area contributed by atoms with Gasteiger partial charge in [-0.3, -0.25) is 9.59 Å². The highest BCUT2D eigenvalue weighted by atomic mass is 32.2. The molecule has 4 rings (SSSR count). The van der Waals surface area contributed by atoms with E-state index in [1.807, 2.05) is 24.3 Å². The summed E-state index contributed by atoms with van der Waals surface area (Å²) in [4.78, 5) is 27.5. The van der Waals surface area contributed by atoms with Crippen molar-refractivity contribution in [2.24, 2.45) is 5.92 Å². The van der Waals surface area contributed by atoms with Crippen LogP contribution in [0.1, 0.15) is 31.7 Å². The third kappa shape index (κ3) is 4.94. The van der Waals surface area contributed by atoms with E-state index < -0.39 is 33.8 Å². The summed E-state index contributed by atoms with van der Waals surface area (Å²) >= 11 is 0. The van der Waals surface area contributed by atoms with Gasteiger partial charge in [0.2, 0.25) is 10.0 Å². The van der Waals surface area contributed by atoms with Crippen LogP contribution in [-0.4, -0.2) is 50.3 Å². The lowest BCUT2D eigenvalue weighted by molar-refractivity contribution is -0.159. The maximum atomic E-state index is 13.2. The van der Waals surface area contributed by atoms with Crippen molar-refractivity contribution in [3.8, 4) is 0 Å². The molecule has 2 heterocycles. The van der Waals surface area contributed by atoms with Crippen molar-refractivity contribution in [1.29, 1.82) is 0 Å². The smallest absolute Gasteiger partial charge is 0.311 e. The number of anilines is 1. The summed E-state index contributed by atoms with van der Waals surface area (Å²) in [6.07, 6.45) is 1.72. The number of amides is 1. The third-order valence-electron chi connectivity index (χ3n) is 6.19. The lowest BCUT2D eigenvalue weighted by atomic mass is 10.00. The van der Waals surface area contributed by atoms with Gasteiger partial charge in [0.15, 0.2) is 6.10 Å². The van der Waals surface area contributed by atoms with Crippen LogP contribution < -0.4 is 4.90 Å². The third-order valence-corrected chi connectivity index (χ3v) is 8.07. The topological polar surface area (TPSA) is 84.0 Å². The Kier molecular flexibility index (Phi) is 6.81. The second-order valence-electron chi connectivity index (χ2n) is 8.46. The first-order chi connectivity index (χ1) is 15.8. The average Bonchev–Trinajstić information content (AvgIpc) is 2.83. The predicted molar refractivity (Wildman–Crippen MR) is 121 cm³/mol. The lowest BCUT2D eigenvalue weighted by Gasteiger charge is -2.33. The van der Waals surface area contributed by atoms with E-state index in [1.54, 1.807) is 11.8 Å². The molecule has 2 aromatic rings. The van der Waals surface area contributed by atoms with Crippen LogP contribution >= 0.6 is 0 Å². The number of hydrogen-bond acceptors (Lipinski definition) is 5. The molecule has 0 radical (unpaired) electrons. The van der Waals surface area contributed by atoms with Crippen LogP contribution in [0.2, 0.25) is 0 Å². The summed E-state index contributed by atoms with van der Waals surface area (Å²) in [6.45, 7) is 2.34. The van der Waals surface area contributed by atoms with E-state index in [9.17, 15) is 22.4 Å². The van der Waals surface area contributed by atoms with Crippen molar-refractivity contribution >= 4 is 27.6 Å². The van der Waals surface area contributed by atoms with Crippen molar-refractivity contribution in [3.05, 3.63) is 59.9 Å². The molecule has 0 aromatic heterocycles. The number of fused-ring (bicyclic) bond motifs is 1. The van der Waals surface area contributed by atoms with Gasteiger partial charge in [0.1, 0.15) is 5.82 Å². The van der Waals surface area contributed by atoms with Crippen LogP contribution in [0.3, 0.4) is 0 Å². The number of sulfonamides is 1. The molecule has 0 N–H and O–H groups in total. The first kappa shape index (κ1) is 23.4. The van der Waals surface area contributed by atoms with Crippen LogP contribution in [0.4, 0.5) is 10.1 Å². The first-order valence-electron chi connectivity index (χ1n) is 11.1. The Morgan fingerprint density at radius 2 is 1.79 bits per heavy atom. The number of carbonyl (C=O) groups excluding carboxylic acids is 2. The molecule has 1 fully saturated rings. The number of para-hydroxylation sites is 1. The fourth-order valence-corrected chi connectivity index (χ4v) is 5.94. The van der Waals surface area contributed by atoms with Crippen LogP contribution in [-0.2, 0) is 30.8 Å². The zero-order valence-corrected chi connectivity index (χ0v) is 19.3. The molecule has 0 bridgehead atoms. The summed E-state index contributed by atoms with van der Waals surface area (Å²) in [6, 6.07) is 12.3. The first-order valence-corrected chi connectivity index (χ1v) is 12.6. The Labute approximate surface area is 193 Å². The van der Waals surface area contributed by atoms with Gasteiger partial charge in [-0.2, -0.15) is 4.31 Å². The number of carbonyl (C=O) groups is 2. The second kappa shape index (κ2) is 9.61. The molecule has 0 unspecified atom stereocenters. The van der Waals surface area contributed by atoms with E-state index in [-0.39, 0.29) is 23.9 Å². The predicted octanol–water partition coefficient (Wildman–Crippen LogP) is 3.14. The Bertz CT molecular complexity index is 1140. The van der Waals surface area contributed by atoms with E-state index in [0.717, 1.165) is 36.2 Å². The van der Waals surface area contributed by atoms with Crippen molar-refractivity contribution in [2.45, 2.75) is 43.6 Å². The van der Waals surface area contributed by atoms with Gasteiger partial charge in [-0.25, -0.2) is 12.8 Å². The summed E-state index contributed by atoms with van der Waals surface area (Å²) in [5.41, 5.74) is 1.93. The van der Waals surface area contributed by atoms with Gasteiger partial charge in [0.05, 0.1) is 10.8 Å². The molecule has 33 heavy (non-hydrogen) atoms. The Balaban J connectivity index is 1.41. The summed E-state index contributed by atoms with van der Waals surface area (Å²) < 4.78 is 45.7. The minimum Gasteiger partial charge on any atom is -0.452 e. The summed E-state index contributed by atoms with van der Waals surface area (Å²) in [7, 11) is -3.86. The van der Waals surface area contributed by atoms with Gasteiger partial charge < -0.3 is 9.64 Å².